The molecule has 4 aromatic rings. The zero-order valence-electron chi connectivity index (χ0n) is 27.5. The van der Waals surface area contributed by atoms with Crippen LogP contribution in [0.4, 0.5) is 0 Å². The Labute approximate surface area is 315 Å². The minimum atomic E-state index is -3.42. The summed E-state index contributed by atoms with van der Waals surface area (Å²) < 4.78 is 53.6. The third kappa shape index (κ3) is 9.98. The van der Waals surface area contributed by atoms with Crippen LogP contribution < -0.4 is 10.6 Å². The van der Waals surface area contributed by atoms with E-state index >= 15 is 0 Å². The number of sulfone groups is 2. The number of nitrogens with one attached hydrogen (secondary N) is 2. The van der Waals surface area contributed by atoms with Gasteiger partial charge in [-0.2, -0.15) is 0 Å². The third-order valence-electron chi connectivity index (χ3n) is 7.86. The molecule has 2 N–H and O–H groups in total. The van der Waals surface area contributed by atoms with Crippen molar-refractivity contribution in [3.8, 4) is 23.0 Å². The van der Waals surface area contributed by atoms with Gasteiger partial charge in [-0.3, -0.25) is 9.97 Å². The summed E-state index contributed by atoms with van der Waals surface area (Å²) in [7, 11) is 0.857. The lowest BCUT2D eigenvalue weighted by Crippen LogP contribution is -2.47. The molecule has 264 valence electrons. The van der Waals surface area contributed by atoms with Gasteiger partial charge in [-0.05, 0) is 77.6 Å². The van der Waals surface area contributed by atoms with Crippen LogP contribution in [0.25, 0.3) is 23.0 Å². The zero-order valence-corrected chi connectivity index (χ0v) is 34.4. The van der Waals surface area contributed by atoms with Crippen molar-refractivity contribution in [2.24, 2.45) is 14.1 Å². The fraction of sp³-hybridized carbons (Fsp3) is 0.467. The van der Waals surface area contributed by atoms with Gasteiger partial charge in [0.1, 0.15) is 16.0 Å². The van der Waals surface area contributed by atoms with Crippen molar-refractivity contribution in [2.75, 3.05) is 25.6 Å². The number of halogens is 4. The molecule has 48 heavy (non-hydrogen) atoms. The van der Waals surface area contributed by atoms with Gasteiger partial charge in [0.25, 0.3) is 0 Å². The highest BCUT2D eigenvalue weighted by Gasteiger charge is 2.24. The molecule has 1 fully saturated rings. The first-order valence-electron chi connectivity index (χ1n) is 15.1. The van der Waals surface area contributed by atoms with Crippen LogP contribution in [0.5, 0.6) is 0 Å². The normalized spacial score (nSPS) is 16.5. The highest BCUT2D eigenvalue weighted by Crippen LogP contribution is 2.30. The molecule has 0 radical (unpaired) electrons. The van der Waals surface area contributed by atoms with Crippen LogP contribution in [0.2, 0.25) is 10.0 Å². The average molecular weight is 919 g/mol. The van der Waals surface area contributed by atoms with Crippen LogP contribution in [0.1, 0.15) is 39.5 Å². The Morgan fingerprint density at radius 1 is 0.771 bits per heavy atom. The van der Waals surface area contributed by atoms with Gasteiger partial charge < -0.3 is 19.8 Å². The maximum atomic E-state index is 12.1. The van der Waals surface area contributed by atoms with Crippen LogP contribution in [-0.4, -0.2) is 83.6 Å². The van der Waals surface area contributed by atoms with Crippen molar-refractivity contribution in [1.29, 1.82) is 0 Å². The lowest BCUT2D eigenvalue weighted by atomic mass is 9.91. The first kappa shape index (κ1) is 40.8. The number of likely N-dealkylation sites (N-methyl/N-ethyl adjacent to an activating group) is 2. The Kier molecular flexibility index (Phi) is 15.3. The van der Waals surface area contributed by atoms with Gasteiger partial charge in [0.15, 0.2) is 31.3 Å². The molecule has 5 rings (SSSR count). The van der Waals surface area contributed by atoms with Gasteiger partial charge >= 0.3 is 0 Å². The number of pyridine rings is 2. The fourth-order valence-corrected chi connectivity index (χ4v) is 8.20. The van der Waals surface area contributed by atoms with Crippen LogP contribution in [0.15, 0.2) is 51.3 Å². The third-order valence-corrected chi connectivity index (χ3v) is 13.5. The molecule has 1 aliphatic rings. The molecule has 1 aliphatic carbocycles. The summed E-state index contributed by atoms with van der Waals surface area (Å²) in [5, 5.41) is 7.26. The van der Waals surface area contributed by atoms with E-state index in [0.717, 1.165) is 8.30 Å². The summed E-state index contributed by atoms with van der Waals surface area (Å²) in [5.74, 6) is 0.945. The van der Waals surface area contributed by atoms with E-state index < -0.39 is 19.7 Å². The number of imidazole rings is 2. The second-order valence-electron chi connectivity index (χ2n) is 10.8. The van der Waals surface area contributed by atoms with Gasteiger partial charge in [0.05, 0.1) is 47.4 Å². The van der Waals surface area contributed by atoms with Crippen molar-refractivity contribution in [3.63, 3.8) is 0 Å². The van der Waals surface area contributed by atoms with Crippen molar-refractivity contribution < 1.29 is 16.8 Å². The molecule has 4 aromatic heterocycles. The van der Waals surface area contributed by atoms with Crippen LogP contribution in [0.3, 0.4) is 0 Å². The molecule has 2 atom stereocenters. The van der Waals surface area contributed by atoms with Crippen LogP contribution >= 0.6 is 61.7 Å². The van der Waals surface area contributed by atoms with Crippen LogP contribution in [-0.2, 0) is 33.8 Å². The van der Waals surface area contributed by atoms with E-state index in [-0.39, 0.29) is 26.3 Å². The Balaban J connectivity index is 0.000000205. The Morgan fingerprint density at radius 3 is 1.52 bits per heavy atom. The standard InChI is InChI=1S/C11H11BrClN3O2S.C11H11ClIN3O2S.C8H18N2/c1-3-19(17,18)8-4-7(13)5-14-10(8)11-15-6-9(12)16(11)2;1-3-19(17,18)8-4-7(12)5-14-10(8)11-15-6-9(13)16(11)2;1-9-7-5-3-4-6-8(7)10-2/h2*4-6H,3H2,1-2H3;7-10H,3-6H2,1-2H3/t;;7-,8-/m..1/s1. The van der Waals surface area contributed by atoms with E-state index in [2.05, 4.69) is 83.2 Å². The van der Waals surface area contributed by atoms with Gasteiger partial charge in [-0.1, -0.05) is 49.9 Å². The molecule has 0 aromatic carbocycles. The molecular weight excluding hydrogens is 878 g/mol. The summed E-state index contributed by atoms with van der Waals surface area (Å²) >= 11 is 17.1. The molecule has 12 nitrogen and oxygen atoms in total. The number of hydrogen-bond donors (Lipinski definition) is 2. The van der Waals surface area contributed by atoms with E-state index in [1.807, 2.05) is 7.05 Å². The lowest BCUT2D eigenvalue weighted by Gasteiger charge is -2.30. The molecule has 18 heteroatoms. The molecule has 0 bridgehead atoms. The van der Waals surface area contributed by atoms with E-state index in [4.69, 9.17) is 23.2 Å². The summed E-state index contributed by atoms with van der Waals surface area (Å²) in [4.78, 5) is 16.9. The molecule has 0 unspecified atom stereocenters. The van der Waals surface area contributed by atoms with E-state index in [9.17, 15) is 16.8 Å². The van der Waals surface area contributed by atoms with Gasteiger partial charge in [0.2, 0.25) is 0 Å². The maximum absolute atomic E-state index is 12.1. The second-order valence-corrected chi connectivity index (χ2v) is 18.1. The predicted octanol–water partition coefficient (Wildman–Crippen LogP) is 5.96. The van der Waals surface area contributed by atoms with Crippen molar-refractivity contribution in [3.05, 3.63) is 55.3 Å². The topological polar surface area (TPSA) is 154 Å². The molecule has 0 aliphatic heterocycles. The number of rotatable bonds is 8. The Hall–Kier alpha value is -1.67. The van der Waals surface area contributed by atoms with Crippen LogP contribution in [0, 0.1) is 3.70 Å². The number of hydrogen-bond acceptors (Lipinski definition) is 10. The largest absolute Gasteiger partial charge is 0.321 e. The molecule has 0 saturated heterocycles. The summed E-state index contributed by atoms with van der Waals surface area (Å²) in [6.45, 7) is 3.16. The van der Waals surface area contributed by atoms with E-state index in [1.165, 1.54) is 50.2 Å². The first-order chi connectivity index (χ1) is 22.6. The van der Waals surface area contributed by atoms with Crippen molar-refractivity contribution >= 4 is 81.4 Å². The Bertz CT molecular complexity index is 1790. The predicted molar refractivity (Wildman–Crippen MR) is 203 cm³/mol. The first-order valence-corrected chi connectivity index (χ1v) is 21.0. The summed E-state index contributed by atoms with van der Waals surface area (Å²) in [5.41, 5.74) is 0.635. The van der Waals surface area contributed by atoms with Crippen molar-refractivity contribution in [2.45, 2.75) is 61.4 Å². The van der Waals surface area contributed by atoms with Gasteiger partial charge in [0, 0.05) is 38.6 Å². The number of nitrogens with zero attached hydrogens (tertiary/aromatic N) is 6. The highest BCUT2D eigenvalue weighted by molar-refractivity contribution is 14.1. The smallest absolute Gasteiger partial charge is 0.180 e. The number of aromatic nitrogens is 6. The molecule has 0 spiro atoms. The molecule has 1 saturated carbocycles. The maximum Gasteiger partial charge on any atom is 0.180 e. The summed E-state index contributed by atoms with van der Waals surface area (Å²) in [6.07, 6.45) is 11.5. The molecular formula is C30H40BrCl2IN8O4S2. The second kappa shape index (κ2) is 18.0. The summed E-state index contributed by atoms with van der Waals surface area (Å²) in [6, 6.07) is 4.24. The molecule has 0 amide bonds. The van der Waals surface area contributed by atoms with Gasteiger partial charge in [-0.25, -0.2) is 26.8 Å². The minimum Gasteiger partial charge on any atom is -0.321 e. The average Bonchev–Trinajstić information content (AvgIpc) is 3.60. The van der Waals surface area contributed by atoms with Gasteiger partial charge in [-0.15, -0.1) is 0 Å². The monoisotopic (exact) mass is 916 g/mol. The van der Waals surface area contributed by atoms with Crippen molar-refractivity contribution in [1.82, 2.24) is 39.7 Å². The minimum absolute atomic E-state index is 0.0104. The zero-order chi connectivity index (χ0) is 35.8. The highest BCUT2D eigenvalue weighted by atomic mass is 127. The lowest BCUT2D eigenvalue weighted by molar-refractivity contribution is 0.309. The fourth-order valence-electron chi connectivity index (χ4n) is 5.00. The molecule has 4 heterocycles. The van der Waals surface area contributed by atoms with E-state index in [0.29, 0.717) is 40.1 Å². The van der Waals surface area contributed by atoms with E-state index in [1.54, 1.807) is 42.4 Å². The quantitative estimate of drug-likeness (QED) is 0.203. The SMILES string of the molecule is CCS(=O)(=O)c1cc(Cl)cnc1-c1ncc(Br)n1C.CCS(=O)(=O)c1cc(Cl)cnc1-c1ncc(I)n1C.CN[C@@H]1CCCC[C@H]1NC. The Morgan fingerprint density at radius 2 is 1.19 bits per heavy atom.